The van der Waals surface area contributed by atoms with Gasteiger partial charge in [0.05, 0.1) is 6.04 Å². The van der Waals surface area contributed by atoms with Crippen molar-refractivity contribution in [2.24, 2.45) is 5.92 Å². The van der Waals surface area contributed by atoms with E-state index in [1.807, 2.05) is 0 Å². The fourth-order valence-corrected chi connectivity index (χ4v) is 4.37. The third-order valence-corrected chi connectivity index (χ3v) is 6.40. The fourth-order valence-electron chi connectivity index (χ4n) is 4.37. The third-order valence-electron chi connectivity index (χ3n) is 6.40. The Morgan fingerprint density at radius 2 is 1.81 bits per heavy atom. The molecule has 164 valence electrons. The molecule has 1 N–H and O–H groups in total. The van der Waals surface area contributed by atoms with Crippen LogP contribution in [0, 0.1) is 12.8 Å². The van der Waals surface area contributed by atoms with Crippen molar-refractivity contribution < 1.29 is 4.42 Å². The minimum atomic E-state index is 0.0755. The first-order valence-electron chi connectivity index (χ1n) is 11.8. The Labute approximate surface area is 186 Å². The lowest BCUT2D eigenvalue weighted by Gasteiger charge is -2.27. The maximum absolute atomic E-state index is 6.56. The van der Waals surface area contributed by atoms with Gasteiger partial charge in [0.15, 0.2) is 0 Å². The molecule has 1 aliphatic rings. The minimum absolute atomic E-state index is 0.0755. The van der Waals surface area contributed by atoms with Crippen molar-refractivity contribution in [3.63, 3.8) is 0 Å². The Balaban J connectivity index is 1.66. The number of aryl methyl sites for hydroxylation is 1. The molecule has 0 amide bonds. The van der Waals surface area contributed by atoms with Crippen LogP contribution in [-0.4, -0.2) is 18.1 Å². The number of piperidine rings is 1. The molecule has 2 heterocycles. The topological polar surface area (TPSA) is 41.3 Å². The van der Waals surface area contributed by atoms with E-state index in [0.29, 0.717) is 5.92 Å². The van der Waals surface area contributed by atoms with Crippen LogP contribution in [0.3, 0.4) is 0 Å². The van der Waals surface area contributed by atoms with E-state index in [9.17, 15) is 0 Å². The number of hydrogen-bond donors (Lipinski definition) is 1. The summed E-state index contributed by atoms with van der Waals surface area (Å²) < 4.78 is 6.56. The van der Waals surface area contributed by atoms with E-state index in [1.54, 1.807) is 0 Å². The molecule has 1 saturated heterocycles. The number of benzene rings is 2. The van der Waals surface area contributed by atoms with Gasteiger partial charge in [0.1, 0.15) is 5.69 Å². The standard InChI is InChI=1S/C27H35N3O/c1-4-21(3)24(28-19-22-13-11-12-20(2)18-22)26-29-25(23-14-7-5-8-15-23)27(31-26)30-16-9-6-10-17-30/h5,7-8,11-15,18,21,24,28H,4,6,9-10,16-17,19H2,1-3H3. The van der Waals surface area contributed by atoms with Crippen LogP contribution in [-0.2, 0) is 6.54 Å². The summed E-state index contributed by atoms with van der Waals surface area (Å²) in [5.74, 6) is 2.16. The molecule has 1 fully saturated rings. The molecule has 2 aromatic carbocycles. The van der Waals surface area contributed by atoms with Crippen molar-refractivity contribution in [3.8, 4) is 11.3 Å². The van der Waals surface area contributed by atoms with Crippen molar-refractivity contribution in [3.05, 3.63) is 71.6 Å². The van der Waals surface area contributed by atoms with Crippen molar-refractivity contribution in [2.45, 2.75) is 59.0 Å². The molecule has 0 aliphatic carbocycles. The second-order valence-corrected chi connectivity index (χ2v) is 8.85. The average Bonchev–Trinajstić information content (AvgIpc) is 3.25. The zero-order valence-electron chi connectivity index (χ0n) is 19.1. The smallest absolute Gasteiger partial charge is 0.224 e. The first-order valence-corrected chi connectivity index (χ1v) is 11.8. The maximum Gasteiger partial charge on any atom is 0.224 e. The van der Waals surface area contributed by atoms with Crippen molar-refractivity contribution in [1.82, 2.24) is 10.3 Å². The molecule has 0 spiro atoms. The van der Waals surface area contributed by atoms with Gasteiger partial charge < -0.3 is 14.6 Å². The van der Waals surface area contributed by atoms with Crippen LogP contribution in [0.1, 0.15) is 62.6 Å². The van der Waals surface area contributed by atoms with Gasteiger partial charge in [-0.25, -0.2) is 4.98 Å². The highest BCUT2D eigenvalue weighted by molar-refractivity contribution is 5.71. The number of anilines is 1. The van der Waals surface area contributed by atoms with E-state index in [0.717, 1.165) is 49.1 Å². The molecule has 4 nitrogen and oxygen atoms in total. The summed E-state index contributed by atoms with van der Waals surface area (Å²) in [5, 5.41) is 3.75. The first-order chi connectivity index (χ1) is 15.2. The summed E-state index contributed by atoms with van der Waals surface area (Å²) in [6.45, 7) is 9.54. The van der Waals surface area contributed by atoms with Crippen molar-refractivity contribution >= 4 is 5.88 Å². The maximum atomic E-state index is 6.56. The predicted octanol–water partition coefficient (Wildman–Crippen LogP) is 6.52. The number of hydrogen-bond acceptors (Lipinski definition) is 4. The Bertz CT molecular complexity index is 960. The van der Waals surface area contributed by atoms with Crippen LogP contribution in [0.15, 0.2) is 59.0 Å². The quantitative estimate of drug-likeness (QED) is 0.453. The van der Waals surface area contributed by atoms with Crippen LogP contribution >= 0.6 is 0 Å². The molecule has 2 atom stereocenters. The highest BCUT2D eigenvalue weighted by atomic mass is 16.4. The second-order valence-electron chi connectivity index (χ2n) is 8.85. The van der Waals surface area contributed by atoms with E-state index in [1.165, 1.54) is 30.4 Å². The van der Waals surface area contributed by atoms with E-state index >= 15 is 0 Å². The summed E-state index contributed by atoms with van der Waals surface area (Å²) >= 11 is 0. The van der Waals surface area contributed by atoms with Crippen LogP contribution in [0.4, 0.5) is 5.88 Å². The number of nitrogens with zero attached hydrogens (tertiary/aromatic N) is 2. The molecule has 31 heavy (non-hydrogen) atoms. The molecule has 3 aromatic rings. The van der Waals surface area contributed by atoms with E-state index in [-0.39, 0.29) is 6.04 Å². The van der Waals surface area contributed by atoms with Crippen LogP contribution in [0.25, 0.3) is 11.3 Å². The largest absolute Gasteiger partial charge is 0.423 e. The first kappa shape index (κ1) is 21.6. The molecule has 0 saturated carbocycles. The van der Waals surface area contributed by atoms with Gasteiger partial charge in [0, 0.05) is 25.2 Å². The van der Waals surface area contributed by atoms with Gasteiger partial charge in [0.25, 0.3) is 0 Å². The van der Waals surface area contributed by atoms with Crippen molar-refractivity contribution in [2.75, 3.05) is 18.0 Å². The van der Waals surface area contributed by atoms with Crippen molar-refractivity contribution in [1.29, 1.82) is 0 Å². The van der Waals surface area contributed by atoms with E-state index < -0.39 is 0 Å². The van der Waals surface area contributed by atoms with E-state index in [2.05, 4.69) is 85.6 Å². The summed E-state index contributed by atoms with van der Waals surface area (Å²) in [6.07, 6.45) is 4.79. The molecular formula is C27H35N3O. The Kier molecular flexibility index (Phi) is 7.08. The van der Waals surface area contributed by atoms with Gasteiger partial charge in [-0.1, -0.05) is 80.4 Å². The summed E-state index contributed by atoms with van der Waals surface area (Å²) in [6, 6.07) is 19.2. The fraction of sp³-hybridized carbons (Fsp3) is 0.444. The normalized spacial score (nSPS) is 16.3. The predicted molar refractivity (Wildman–Crippen MR) is 128 cm³/mol. The molecule has 1 aromatic heterocycles. The number of nitrogens with one attached hydrogen (secondary N) is 1. The van der Waals surface area contributed by atoms with Gasteiger partial charge in [-0.05, 0) is 37.7 Å². The lowest BCUT2D eigenvalue weighted by molar-refractivity contribution is 0.306. The van der Waals surface area contributed by atoms with Gasteiger partial charge >= 0.3 is 0 Å². The zero-order chi connectivity index (χ0) is 21.6. The van der Waals surface area contributed by atoms with Gasteiger partial charge in [-0.15, -0.1) is 0 Å². The Hall–Kier alpha value is -2.59. The number of oxazole rings is 1. The van der Waals surface area contributed by atoms with Crippen LogP contribution in [0.2, 0.25) is 0 Å². The number of rotatable bonds is 8. The Morgan fingerprint density at radius 1 is 1.03 bits per heavy atom. The SMILES string of the molecule is CCC(C)C(NCc1cccc(C)c1)c1nc(-c2ccccc2)c(N2CCCCC2)o1. The highest BCUT2D eigenvalue weighted by Gasteiger charge is 2.28. The number of aromatic nitrogens is 1. The van der Waals surface area contributed by atoms with E-state index in [4.69, 9.17) is 9.40 Å². The summed E-state index contributed by atoms with van der Waals surface area (Å²) in [4.78, 5) is 7.47. The second kappa shape index (κ2) is 10.1. The third kappa shape index (κ3) is 5.19. The summed E-state index contributed by atoms with van der Waals surface area (Å²) in [5.41, 5.74) is 4.68. The van der Waals surface area contributed by atoms with Gasteiger partial charge in [-0.2, -0.15) is 0 Å². The zero-order valence-corrected chi connectivity index (χ0v) is 19.1. The molecule has 2 unspecified atom stereocenters. The monoisotopic (exact) mass is 417 g/mol. The lowest BCUT2D eigenvalue weighted by atomic mass is 9.98. The lowest BCUT2D eigenvalue weighted by Crippen LogP contribution is -2.29. The van der Waals surface area contributed by atoms with Crippen LogP contribution < -0.4 is 10.2 Å². The minimum Gasteiger partial charge on any atom is -0.423 e. The van der Waals surface area contributed by atoms with Gasteiger partial charge in [0.2, 0.25) is 11.8 Å². The molecule has 0 bridgehead atoms. The molecule has 4 heteroatoms. The van der Waals surface area contributed by atoms with Gasteiger partial charge in [-0.3, -0.25) is 0 Å². The van der Waals surface area contributed by atoms with Crippen LogP contribution in [0.5, 0.6) is 0 Å². The highest BCUT2D eigenvalue weighted by Crippen LogP contribution is 2.37. The summed E-state index contributed by atoms with van der Waals surface area (Å²) in [7, 11) is 0. The molecule has 1 aliphatic heterocycles. The molecular weight excluding hydrogens is 382 g/mol. The average molecular weight is 418 g/mol. The molecule has 4 rings (SSSR count). The molecule has 0 radical (unpaired) electrons. The Morgan fingerprint density at radius 3 is 2.52 bits per heavy atom.